The van der Waals surface area contributed by atoms with Crippen LogP contribution in [-0.4, -0.2) is 77.4 Å². The first-order valence-electron chi connectivity index (χ1n) is 13.4. The number of esters is 1. The quantitative estimate of drug-likeness (QED) is 0.383. The number of nitrogens with one attached hydrogen (secondary N) is 1. The fraction of sp³-hybridized carbons (Fsp3) is 0.923. The monoisotopic (exact) mass is 494 g/mol. The number of hydrogen-bond acceptors (Lipinski definition) is 9. The molecule has 4 aliphatic heterocycles. The number of ketones is 1. The fourth-order valence-electron chi connectivity index (χ4n) is 6.88. The van der Waals surface area contributed by atoms with E-state index in [0.717, 1.165) is 32.2 Å². The first kappa shape index (κ1) is 25.5. The molecule has 0 amide bonds. The number of carbonyl (C=O) groups excluding carboxylic acids is 2. The number of Topliss-reactive ketones (excluding diaryl/α,β-unsaturated/α-hetero) is 1. The maximum Gasteiger partial charge on any atom is 0.341 e. The number of aliphatic hydroxyl groups excluding tert-OH is 1. The highest BCUT2D eigenvalue weighted by Gasteiger charge is 2.62. The van der Waals surface area contributed by atoms with Crippen LogP contribution in [0.5, 0.6) is 0 Å². The number of carbonyl (C=O) groups is 2. The van der Waals surface area contributed by atoms with E-state index in [4.69, 9.17) is 24.7 Å². The van der Waals surface area contributed by atoms with Crippen molar-refractivity contribution in [2.24, 2.45) is 23.5 Å². The molecule has 0 aromatic rings. The second-order valence-electron chi connectivity index (χ2n) is 12.2. The number of ether oxygens (including phenoxy) is 4. The second kappa shape index (κ2) is 9.33. The summed E-state index contributed by atoms with van der Waals surface area (Å²) in [4.78, 5) is 25.9. The van der Waals surface area contributed by atoms with Gasteiger partial charge in [0.1, 0.15) is 11.9 Å². The third kappa shape index (κ3) is 4.92. The van der Waals surface area contributed by atoms with Gasteiger partial charge in [0, 0.05) is 18.8 Å². The first-order chi connectivity index (χ1) is 16.5. The zero-order valence-corrected chi connectivity index (χ0v) is 21.4. The van der Waals surface area contributed by atoms with Crippen molar-refractivity contribution in [3.05, 3.63) is 0 Å². The van der Waals surface area contributed by atoms with Gasteiger partial charge in [0.25, 0.3) is 0 Å². The van der Waals surface area contributed by atoms with Crippen LogP contribution in [0.3, 0.4) is 0 Å². The molecule has 5 fully saturated rings. The van der Waals surface area contributed by atoms with Crippen LogP contribution in [-0.2, 0) is 28.5 Å². The molecule has 11 atom stereocenters. The Labute approximate surface area is 207 Å². The molecule has 198 valence electrons. The SMILES string of the molecule is CC1CC(=O)C2C(CC3OC(C)(C)C(OC(=O)C4(C)OC4CCC4CCNC(N)C4)CC3C2O)O1. The molecule has 5 rings (SSSR count). The van der Waals surface area contributed by atoms with Crippen molar-refractivity contribution in [3.63, 3.8) is 0 Å². The molecule has 1 aliphatic carbocycles. The van der Waals surface area contributed by atoms with E-state index in [1.54, 1.807) is 6.92 Å². The van der Waals surface area contributed by atoms with Crippen molar-refractivity contribution in [1.29, 1.82) is 0 Å². The molecule has 9 heteroatoms. The summed E-state index contributed by atoms with van der Waals surface area (Å²) < 4.78 is 24.2. The van der Waals surface area contributed by atoms with Gasteiger partial charge in [-0.1, -0.05) is 0 Å². The molecule has 4 N–H and O–H groups in total. The van der Waals surface area contributed by atoms with Crippen LogP contribution in [0.4, 0.5) is 0 Å². The molecule has 0 bridgehead atoms. The number of piperidine rings is 1. The lowest BCUT2D eigenvalue weighted by molar-refractivity contribution is -0.257. The fourth-order valence-corrected chi connectivity index (χ4v) is 6.88. The second-order valence-corrected chi connectivity index (χ2v) is 12.2. The maximum atomic E-state index is 13.2. The lowest BCUT2D eigenvalue weighted by Gasteiger charge is -2.53. The van der Waals surface area contributed by atoms with E-state index in [1.807, 2.05) is 20.8 Å². The molecule has 11 unspecified atom stereocenters. The number of rotatable bonds is 5. The van der Waals surface area contributed by atoms with Crippen LogP contribution in [0, 0.1) is 17.8 Å². The van der Waals surface area contributed by atoms with Gasteiger partial charge in [0.15, 0.2) is 5.60 Å². The molecular weight excluding hydrogens is 452 g/mol. The predicted molar refractivity (Wildman–Crippen MR) is 126 cm³/mol. The van der Waals surface area contributed by atoms with Gasteiger partial charge in [0.05, 0.1) is 48.2 Å². The van der Waals surface area contributed by atoms with Crippen LogP contribution in [0.15, 0.2) is 0 Å². The predicted octanol–water partition coefficient (Wildman–Crippen LogP) is 1.43. The van der Waals surface area contributed by atoms with E-state index >= 15 is 0 Å². The molecule has 4 heterocycles. The Morgan fingerprint density at radius 3 is 2.69 bits per heavy atom. The van der Waals surface area contributed by atoms with Crippen LogP contribution >= 0.6 is 0 Å². The third-order valence-corrected chi connectivity index (χ3v) is 9.12. The largest absolute Gasteiger partial charge is 0.457 e. The molecule has 1 saturated carbocycles. The van der Waals surface area contributed by atoms with E-state index in [-0.39, 0.29) is 48.3 Å². The summed E-state index contributed by atoms with van der Waals surface area (Å²) in [6.07, 6.45) is 2.94. The highest BCUT2D eigenvalue weighted by molar-refractivity contribution is 5.84. The minimum Gasteiger partial charge on any atom is -0.457 e. The smallest absolute Gasteiger partial charge is 0.341 e. The summed E-state index contributed by atoms with van der Waals surface area (Å²) in [5.74, 6) is -0.598. The zero-order chi connectivity index (χ0) is 25.1. The van der Waals surface area contributed by atoms with Gasteiger partial charge in [-0.2, -0.15) is 0 Å². The average Bonchev–Trinajstić information content (AvgIpc) is 3.44. The van der Waals surface area contributed by atoms with Crippen molar-refractivity contribution >= 4 is 11.8 Å². The van der Waals surface area contributed by atoms with Crippen LogP contribution in [0.25, 0.3) is 0 Å². The van der Waals surface area contributed by atoms with Crippen LogP contribution < -0.4 is 11.1 Å². The third-order valence-electron chi connectivity index (χ3n) is 9.12. The van der Waals surface area contributed by atoms with E-state index in [2.05, 4.69) is 5.32 Å². The number of fused-ring (bicyclic) bond motifs is 2. The van der Waals surface area contributed by atoms with Gasteiger partial charge >= 0.3 is 5.97 Å². The molecule has 35 heavy (non-hydrogen) atoms. The number of nitrogens with two attached hydrogens (primary N) is 1. The summed E-state index contributed by atoms with van der Waals surface area (Å²) >= 11 is 0. The summed E-state index contributed by atoms with van der Waals surface area (Å²) in [5, 5.41) is 14.4. The van der Waals surface area contributed by atoms with Crippen LogP contribution in [0.1, 0.15) is 72.6 Å². The maximum absolute atomic E-state index is 13.2. The molecule has 0 aromatic heterocycles. The van der Waals surface area contributed by atoms with E-state index in [1.165, 1.54) is 0 Å². The van der Waals surface area contributed by atoms with Gasteiger partial charge in [-0.05, 0) is 72.3 Å². The van der Waals surface area contributed by atoms with Crippen LogP contribution in [0.2, 0.25) is 0 Å². The van der Waals surface area contributed by atoms with Gasteiger partial charge < -0.3 is 35.1 Å². The summed E-state index contributed by atoms with van der Waals surface area (Å²) in [6.45, 7) is 8.46. The first-order valence-corrected chi connectivity index (χ1v) is 13.4. The number of hydrogen-bond donors (Lipinski definition) is 3. The topological polar surface area (TPSA) is 133 Å². The Bertz CT molecular complexity index is 837. The molecule has 9 nitrogen and oxygen atoms in total. The van der Waals surface area contributed by atoms with Crippen molar-refractivity contribution in [1.82, 2.24) is 5.32 Å². The van der Waals surface area contributed by atoms with Crippen molar-refractivity contribution in [2.75, 3.05) is 6.54 Å². The van der Waals surface area contributed by atoms with Crippen molar-refractivity contribution in [3.8, 4) is 0 Å². The van der Waals surface area contributed by atoms with E-state index < -0.39 is 29.3 Å². The average molecular weight is 495 g/mol. The van der Waals surface area contributed by atoms with E-state index in [0.29, 0.717) is 25.2 Å². The van der Waals surface area contributed by atoms with Gasteiger partial charge in [-0.25, -0.2) is 4.79 Å². The Morgan fingerprint density at radius 2 is 1.94 bits per heavy atom. The Balaban J connectivity index is 1.19. The molecule has 4 saturated heterocycles. The number of aliphatic hydroxyl groups is 1. The highest BCUT2D eigenvalue weighted by atomic mass is 16.7. The summed E-state index contributed by atoms with van der Waals surface area (Å²) in [5.41, 5.74) is 4.35. The lowest BCUT2D eigenvalue weighted by Crippen LogP contribution is -2.63. The van der Waals surface area contributed by atoms with Gasteiger partial charge in [-0.15, -0.1) is 0 Å². The summed E-state index contributed by atoms with van der Waals surface area (Å²) in [7, 11) is 0. The molecule has 0 aromatic carbocycles. The summed E-state index contributed by atoms with van der Waals surface area (Å²) in [6, 6.07) is 0. The van der Waals surface area contributed by atoms with E-state index in [9.17, 15) is 14.7 Å². The van der Waals surface area contributed by atoms with Crippen molar-refractivity contribution < 1.29 is 33.6 Å². The Kier molecular flexibility index (Phi) is 6.81. The molecule has 0 radical (unpaired) electrons. The van der Waals surface area contributed by atoms with Gasteiger partial charge in [0.2, 0.25) is 0 Å². The molecule has 0 spiro atoms. The van der Waals surface area contributed by atoms with Crippen molar-refractivity contribution in [2.45, 2.75) is 127 Å². The number of epoxide rings is 1. The Hall–Kier alpha value is -1.10. The zero-order valence-electron chi connectivity index (χ0n) is 21.4. The minimum absolute atomic E-state index is 0.0480. The normalized spacial score (nSPS) is 49.0. The molecular formula is C26H42N2O7. The van der Waals surface area contributed by atoms with Gasteiger partial charge in [-0.3, -0.25) is 4.79 Å². The molecule has 5 aliphatic rings. The highest BCUT2D eigenvalue weighted by Crippen LogP contribution is 2.48. The lowest BCUT2D eigenvalue weighted by atomic mass is 9.67. The minimum atomic E-state index is -0.943. The standard InChI is InChI=1S/C26H42N2O7/c1-13-9-16(29)22-18(32-13)12-17-15(23(22)30)11-20(25(2,3)34-17)33-24(31)26(4)19(35-26)6-5-14-7-8-28-21(27)10-14/h13-15,17-23,28,30H,5-12,27H2,1-4H3. The Morgan fingerprint density at radius 1 is 1.17 bits per heavy atom.